The van der Waals surface area contributed by atoms with Gasteiger partial charge in [-0.3, -0.25) is 0 Å². The molecule has 0 spiro atoms. The number of thiophene rings is 1. The number of aromatic nitrogens is 2. The molecule has 126 valence electrons. The van der Waals surface area contributed by atoms with Crippen molar-refractivity contribution in [3.63, 3.8) is 0 Å². The zero-order valence-electron chi connectivity index (χ0n) is 13.4. The van der Waals surface area contributed by atoms with Crippen molar-refractivity contribution in [1.82, 2.24) is 9.97 Å². The summed E-state index contributed by atoms with van der Waals surface area (Å²) in [5.74, 6) is -2.51. The van der Waals surface area contributed by atoms with Crippen LogP contribution in [-0.2, 0) is 16.0 Å². The molecule has 3 N–H and O–H groups in total. The van der Waals surface area contributed by atoms with Crippen LogP contribution in [0.4, 0.5) is 0 Å². The van der Waals surface area contributed by atoms with E-state index in [4.69, 9.17) is 10.2 Å². The van der Waals surface area contributed by atoms with Gasteiger partial charge in [0.05, 0.1) is 18.2 Å². The van der Waals surface area contributed by atoms with Crippen molar-refractivity contribution in [3.05, 3.63) is 57.3 Å². The number of imidazole rings is 1. The minimum atomic E-state index is -1.26. The number of nitrogens with zero attached hydrogens (tertiary/aromatic N) is 1. The Bertz CT molecular complexity index is 785. The lowest BCUT2D eigenvalue weighted by Crippen LogP contribution is -2.00. The number of aliphatic carboxylic acids is 2. The Labute approximate surface area is 143 Å². The molecule has 3 rings (SSSR count). The van der Waals surface area contributed by atoms with Crippen LogP contribution in [0.5, 0.6) is 0 Å². The summed E-state index contributed by atoms with van der Waals surface area (Å²) < 4.78 is 0. The topological polar surface area (TPSA) is 103 Å². The van der Waals surface area contributed by atoms with Gasteiger partial charge in [0.2, 0.25) is 0 Å². The largest absolute Gasteiger partial charge is 0.478 e. The second-order valence-corrected chi connectivity index (χ2v) is 6.63. The summed E-state index contributed by atoms with van der Waals surface area (Å²) in [7, 11) is 0. The average Bonchev–Trinajstić information content (AvgIpc) is 3.15. The fourth-order valence-corrected chi connectivity index (χ4v) is 3.76. The molecule has 0 aliphatic heterocycles. The number of fused-ring (bicyclic) bond motifs is 1. The van der Waals surface area contributed by atoms with Gasteiger partial charge in [-0.2, -0.15) is 0 Å². The van der Waals surface area contributed by atoms with E-state index in [0.29, 0.717) is 12.2 Å². The molecular weight excluding hydrogens is 328 g/mol. The SMILES string of the molecule is Cc1sc(C)c2c1CCC=C2c1cnc[nH]1.O=C(O)/C=C\C(=O)O. The van der Waals surface area contributed by atoms with Gasteiger partial charge in [0, 0.05) is 33.0 Å². The normalized spacial score (nSPS) is 13.0. The number of carboxylic acid groups (broad SMARTS) is 2. The summed E-state index contributed by atoms with van der Waals surface area (Å²) in [6, 6.07) is 0. The summed E-state index contributed by atoms with van der Waals surface area (Å²) in [6.45, 7) is 4.44. The molecule has 0 aromatic carbocycles. The molecule has 2 aromatic rings. The van der Waals surface area contributed by atoms with Crippen LogP contribution in [0.25, 0.3) is 5.57 Å². The van der Waals surface area contributed by atoms with E-state index < -0.39 is 11.9 Å². The highest BCUT2D eigenvalue weighted by Gasteiger charge is 2.21. The van der Waals surface area contributed by atoms with Gasteiger partial charge in [0.1, 0.15) is 0 Å². The van der Waals surface area contributed by atoms with E-state index in [0.717, 1.165) is 12.1 Å². The Balaban J connectivity index is 0.000000224. The van der Waals surface area contributed by atoms with E-state index in [1.54, 1.807) is 6.33 Å². The molecule has 2 heterocycles. The Hall–Kier alpha value is -2.67. The smallest absolute Gasteiger partial charge is 0.328 e. The first-order valence-corrected chi connectivity index (χ1v) is 8.14. The Morgan fingerprint density at radius 1 is 1.21 bits per heavy atom. The maximum Gasteiger partial charge on any atom is 0.328 e. The number of carbonyl (C=O) groups is 2. The lowest BCUT2D eigenvalue weighted by Gasteiger charge is -2.14. The molecule has 0 saturated carbocycles. The zero-order valence-corrected chi connectivity index (χ0v) is 14.2. The van der Waals surface area contributed by atoms with Crippen LogP contribution in [-0.4, -0.2) is 32.1 Å². The molecule has 0 amide bonds. The Morgan fingerprint density at radius 2 is 1.88 bits per heavy atom. The Morgan fingerprint density at radius 3 is 2.42 bits per heavy atom. The van der Waals surface area contributed by atoms with Crippen LogP contribution >= 0.6 is 11.3 Å². The third kappa shape index (κ3) is 4.20. The molecular formula is C17H18N2O4S. The number of aryl methyl sites for hydroxylation is 2. The maximum atomic E-state index is 9.55. The molecule has 0 bridgehead atoms. The molecule has 0 saturated heterocycles. The highest BCUT2D eigenvalue weighted by atomic mass is 32.1. The highest BCUT2D eigenvalue weighted by molar-refractivity contribution is 7.12. The first-order chi connectivity index (χ1) is 11.4. The molecule has 1 aliphatic rings. The van der Waals surface area contributed by atoms with E-state index in [-0.39, 0.29) is 0 Å². The molecule has 1 aliphatic carbocycles. The highest BCUT2D eigenvalue weighted by Crippen LogP contribution is 2.39. The van der Waals surface area contributed by atoms with Crippen LogP contribution < -0.4 is 0 Å². The molecule has 24 heavy (non-hydrogen) atoms. The quantitative estimate of drug-likeness (QED) is 0.741. The second-order valence-electron chi connectivity index (χ2n) is 5.20. The van der Waals surface area contributed by atoms with Gasteiger partial charge in [-0.15, -0.1) is 11.3 Å². The number of hydrogen-bond acceptors (Lipinski definition) is 4. The monoisotopic (exact) mass is 346 g/mol. The van der Waals surface area contributed by atoms with Crippen LogP contribution in [0.3, 0.4) is 0 Å². The molecule has 7 heteroatoms. The van der Waals surface area contributed by atoms with E-state index in [2.05, 4.69) is 29.9 Å². The maximum absolute atomic E-state index is 9.55. The molecule has 0 unspecified atom stereocenters. The third-order valence-corrected chi connectivity index (χ3v) is 4.62. The van der Waals surface area contributed by atoms with Gasteiger partial charge in [-0.1, -0.05) is 6.08 Å². The van der Waals surface area contributed by atoms with Crippen molar-refractivity contribution < 1.29 is 19.8 Å². The van der Waals surface area contributed by atoms with Crippen molar-refractivity contribution in [2.75, 3.05) is 0 Å². The van der Waals surface area contributed by atoms with Crippen LogP contribution in [0.2, 0.25) is 0 Å². The summed E-state index contributed by atoms with van der Waals surface area (Å²) in [5.41, 5.74) is 5.45. The van der Waals surface area contributed by atoms with Crippen molar-refractivity contribution in [2.45, 2.75) is 26.7 Å². The Kier molecular flexibility index (Phi) is 5.70. The van der Waals surface area contributed by atoms with Gasteiger partial charge in [-0.25, -0.2) is 14.6 Å². The third-order valence-electron chi connectivity index (χ3n) is 3.55. The molecule has 6 nitrogen and oxygen atoms in total. The van der Waals surface area contributed by atoms with Crippen molar-refractivity contribution in [1.29, 1.82) is 0 Å². The fourth-order valence-electron chi connectivity index (χ4n) is 2.64. The molecule has 0 radical (unpaired) electrons. The van der Waals surface area contributed by atoms with Gasteiger partial charge in [-0.05, 0) is 32.3 Å². The number of carboxylic acids is 2. The fraction of sp³-hybridized carbons (Fsp3) is 0.235. The first kappa shape index (κ1) is 17.7. The van der Waals surface area contributed by atoms with Crippen LogP contribution in [0.15, 0.2) is 30.8 Å². The summed E-state index contributed by atoms with van der Waals surface area (Å²) in [6.07, 6.45) is 9.42. The van der Waals surface area contributed by atoms with Crippen LogP contribution in [0, 0.1) is 13.8 Å². The van der Waals surface area contributed by atoms with E-state index in [1.807, 2.05) is 17.5 Å². The zero-order chi connectivity index (χ0) is 17.7. The lowest BCUT2D eigenvalue weighted by atomic mass is 9.90. The number of H-pyrrole nitrogens is 1. The van der Waals surface area contributed by atoms with Gasteiger partial charge in [0.15, 0.2) is 0 Å². The number of nitrogens with one attached hydrogen (secondary N) is 1. The number of allylic oxidation sites excluding steroid dienone is 1. The van der Waals surface area contributed by atoms with Crippen molar-refractivity contribution >= 4 is 28.8 Å². The summed E-state index contributed by atoms with van der Waals surface area (Å²) in [4.78, 5) is 29.3. The molecule has 0 atom stereocenters. The number of hydrogen-bond donors (Lipinski definition) is 3. The molecule has 0 fully saturated rings. The predicted octanol–water partition coefficient (Wildman–Crippen LogP) is 3.18. The van der Waals surface area contributed by atoms with Gasteiger partial charge >= 0.3 is 11.9 Å². The van der Waals surface area contributed by atoms with Gasteiger partial charge in [0.25, 0.3) is 0 Å². The first-order valence-electron chi connectivity index (χ1n) is 7.32. The standard InChI is InChI=1S/C13H14N2S.C4H4O4/c1-8-10-4-3-5-11(12-6-14-7-15-12)13(10)9(2)16-8;5-3(6)1-2-4(7)8/h5-7H,3-4H2,1-2H3,(H,14,15);1-2H,(H,5,6)(H,7,8)/b;2-1-. The number of rotatable bonds is 3. The van der Waals surface area contributed by atoms with Crippen molar-refractivity contribution in [2.24, 2.45) is 0 Å². The van der Waals surface area contributed by atoms with E-state index in [9.17, 15) is 9.59 Å². The molecule has 2 aromatic heterocycles. The minimum Gasteiger partial charge on any atom is -0.478 e. The minimum absolute atomic E-state index is 0.558. The predicted molar refractivity (Wildman–Crippen MR) is 92.2 cm³/mol. The second kappa shape index (κ2) is 7.74. The summed E-state index contributed by atoms with van der Waals surface area (Å²) >= 11 is 1.91. The van der Waals surface area contributed by atoms with Crippen LogP contribution in [0.1, 0.15) is 33.0 Å². The lowest BCUT2D eigenvalue weighted by molar-refractivity contribution is -0.134. The van der Waals surface area contributed by atoms with E-state index >= 15 is 0 Å². The number of aromatic amines is 1. The van der Waals surface area contributed by atoms with Gasteiger partial charge < -0.3 is 15.2 Å². The van der Waals surface area contributed by atoms with E-state index in [1.165, 1.54) is 32.9 Å². The summed E-state index contributed by atoms with van der Waals surface area (Å²) in [5, 5.41) is 15.6. The average molecular weight is 346 g/mol. The van der Waals surface area contributed by atoms with Crippen molar-refractivity contribution in [3.8, 4) is 0 Å².